The summed E-state index contributed by atoms with van der Waals surface area (Å²) in [5, 5.41) is 6.70. The van der Waals surface area contributed by atoms with Crippen LogP contribution in [0.5, 0.6) is 0 Å². The minimum Gasteiger partial charge on any atom is -0.347 e. The van der Waals surface area contributed by atoms with Gasteiger partial charge in [-0.25, -0.2) is 9.97 Å². The zero-order chi connectivity index (χ0) is 19.0. The third-order valence-electron chi connectivity index (χ3n) is 4.95. The van der Waals surface area contributed by atoms with Crippen molar-refractivity contribution < 1.29 is 4.79 Å². The van der Waals surface area contributed by atoms with Crippen LogP contribution in [-0.2, 0) is 11.3 Å². The van der Waals surface area contributed by atoms with Gasteiger partial charge in [-0.05, 0) is 44.2 Å². The highest BCUT2D eigenvalue weighted by Crippen LogP contribution is 2.41. The van der Waals surface area contributed by atoms with Crippen LogP contribution in [0.3, 0.4) is 0 Å². The van der Waals surface area contributed by atoms with Crippen molar-refractivity contribution in [1.82, 2.24) is 19.9 Å². The molecule has 7 heteroatoms. The molecule has 27 heavy (non-hydrogen) atoms. The third kappa shape index (κ3) is 3.78. The fraction of sp³-hybridized carbons (Fsp3) is 0.400. The van der Waals surface area contributed by atoms with E-state index in [0.29, 0.717) is 17.8 Å². The van der Waals surface area contributed by atoms with Crippen LogP contribution < -0.4 is 10.9 Å². The topological polar surface area (TPSA) is 76.9 Å². The highest BCUT2D eigenvalue weighted by Gasteiger charge is 2.35. The van der Waals surface area contributed by atoms with Crippen LogP contribution in [0.2, 0.25) is 0 Å². The molecule has 0 bridgehead atoms. The second kappa shape index (κ2) is 7.23. The molecule has 1 amide bonds. The Morgan fingerprint density at radius 3 is 2.89 bits per heavy atom. The number of amides is 1. The summed E-state index contributed by atoms with van der Waals surface area (Å²) >= 11 is 1.60. The molecule has 1 aliphatic carbocycles. The molecule has 1 aliphatic rings. The average Bonchev–Trinajstić information content (AvgIpc) is 3.40. The lowest BCUT2D eigenvalue weighted by Crippen LogP contribution is -2.31. The van der Waals surface area contributed by atoms with Gasteiger partial charge in [0.15, 0.2) is 0 Å². The number of para-hydroxylation sites is 1. The zero-order valence-electron chi connectivity index (χ0n) is 15.4. The van der Waals surface area contributed by atoms with E-state index < -0.39 is 0 Å². The van der Waals surface area contributed by atoms with Crippen molar-refractivity contribution in [1.29, 1.82) is 0 Å². The molecule has 1 saturated carbocycles. The van der Waals surface area contributed by atoms with Crippen LogP contribution in [0.25, 0.3) is 10.9 Å². The number of aryl methyl sites for hydroxylation is 3. The summed E-state index contributed by atoms with van der Waals surface area (Å²) in [6, 6.07) is 5.56. The maximum absolute atomic E-state index is 12.6. The van der Waals surface area contributed by atoms with Gasteiger partial charge in [-0.1, -0.05) is 12.1 Å². The summed E-state index contributed by atoms with van der Waals surface area (Å²) in [6.07, 6.45) is 4.02. The zero-order valence-corrected chi connectivity index (χ0v) is 16.3. The summed E-state index contributed by atoms with van der Waals surface area (Å²) < 4.78 is 1.51. The van der Waals surface area contributed by atoms with E-state index in [1.165, 1.54) is 10.9 Å². The number of hydrogen-bond acceptors (Lipinski definition) is 5. The lowest BCUT2D eigenvalue weighted by atomic mass is 10.1. The Morgan fingerprint density at radius 1 is 1.37 bits per heavy atom. The lowest BCUT2D eigenvalue weighted by molar-refractivity contribution is -0.122. The summed E-state index contributed by atoms with van der Waals surface area (Å²) in [7, 11) is 0. The van der Waals surface area contributed by atoms with E-state index in [-0.39, 0.29) is 23.9 Å². The van der Waals surface area contributed by atoms with E-state index in [1.807, 2.05) is 31.4 Å². The Bertz CT molecular complexity index is 1050. The van der Waals surface area contributed by atoms with E-state index in [0.717, 1.165) is 34.6 Å². The average molecular weight is 382 g/mol. The van der Waals surface area contributed by atoms with Crippen molar-refractivity contribution in [3.05, 3.63) is 56.5 Å². The Labute approximate surface area is 161 Å². The molecular weight excluding hydrogens is 360 g/mol. The second-order valence-corrected chi connectivity index (χ2v) is 8.06. The largest absolute Gasteiger partial charge is 0.347 e. The molecule has 140 valence electrons. The fourth-order valence-corrected chi connectivity index (χ4v) is 4.23. The first-order valence-electron chi connectivity index (χ1n) is 9.19. The molecular formula is C20H22N4O2S. The number of hydrogen-bond donors (Lipinski definition) is 1. The van der Waals surface area contributed by atoms with Crippen molar-refractivity contribution in [3.63, 3.8) is 0 Å². The van der Waals surface area contributed by atoms with Gasteiger partial charge in [0.1, 0.15) is 5.01 Å². The molecule has 1 atom stereocenters. The Morgan fingerprint density at radius 2 is 2.19 bits per heavy atom. The summed E-state index contributed by atoms with van der Waals surface area (Å²) in [5.74, 6) is 0.420. The first-order chi connectivity index (χ1) is 13.0. The summed E-state index contributed by atoms with van der Waals surface area (Å²) in [6.45, 7) is 4.22. The maximum atomic E-state index is 12.6. The van der Waals surface area contributed by atoms with Crippen LogP contribution in [0.1, 0.15) is 41.6 Å². The molecule has 1 N–H and O–H groups in total. The number of carbonyl (C=O) groups is 1. The van der Waals surface area contributed by atoms with E-state index in [1.54, 1.807) is 17.4 Å². The highest BCUT2D eigenvalue weighted by molar-refractivity contribution is 7.09. The molecule has 3 aromatic rings. The predicted molar refractivity (Wildman–Crippen MR) is 106 cm³/mol. The van der Waals surface area contributed by atoms with E-state index in [9.17, 15) is 9.59 Å². The van der Waals surface area contributed by atoms with Gasteiger partial charge in [-0.3, -0.25) is 14.2 Å². The number of aromatic nitrogens is 3. The third-order valence-corrected chi connectivity index (χ3v) is 5.99. The van der Waals surface area contributed by atoms with Crippen molar-refractivity contribution in [2.75, 3.05) is 0 Å². The highest BCUT2D eigenvalue weighted by atomic mass is 32.1. The number of benzene rings is 1. The van der Waals surface area contributed by atoms with Gasteiger partial charge in [-0.2, -0.15) is 0 Å². The van der Waals surface area contributed by atoms with Crippen LogP contribution in [0.15, 0.2) is 34.7 Å². The molecule has 0 spiro atoms. The van der Waals surface area contributed by atoms with Crippen LogP contribution in [-0.4, -0.2) is 20.4 Å². The first-order valence-corrected chi connectivity index (χ1v) is 10.1. The summed E-state index contributed by atoms with van der Waals surface area (Å²) in [4.78, 5) is 34.1. The van der Waals surface area contributed by atoms with Crippen molar-refractivity contribution in [2.45, 2.75) is 45.7 Å². The fourth-order valence-electron chi connectivity index (χ4n) is 3.29. The Balaban J connectivity index is 1.45. The Kier molecular flexibility index (Phi) is 4.78. The first kappa shape index (κ1) is 17.9. The van der Waals surface area contributed by atoms with Crippen LogP contribution >= 0.6 is 11.3 Å². The van der Waals surface area contributed by atoms with Gasteiger partial charge >= 0.3 is 0 Å². The number of nitrogens with zero attached hydrogens (tertiary/aromatic N) is 3. The molecule has 0 aliphatic heterocycles. The number of rotatable bonds is 6. The number of carbonyl (C=O) groups excluding carboxylic acids is 1. The van der Waals surface area contributed by atoms with E-state index in [4.69, 9.17) is 0 Å². The smallest absolute Gasteiger partial charge is 0.261 e. The van der Waals surface area contributed by atoms with E-state index in [2.05, 4.69) is 15.3 Å². The minimum absolute atomic E-state index is 0.00898. The lowest BCUT2D eigenvalue weighted by Gasteiger charge is -2.16. The monoisotopic (exact) mass is 382 g/mol. The van der Waals surface area contributed by atoms with Gasteiger partial charge in [-0.15, -0.1) is 11.3 Å². The van der Waals surface area contributed by atoms with Crippen LogP contribution in [0, 0.1) is 19.8 Å². The SMILES string of the molecule is Cc1csc([C@H](NC(=O)CCn2cnc3c(C)cccc3c2=O)C2CC2)n1. The standard InChI is InChI=1S/C20H22N4O2S/c1-12-4-3-5-15-17(12)21-11-24(20(15)26)9-8-16(25)23-18(14-6-7-14)19-22-13(2)10-27-19/h3-5,10-11,14,18H,6-9H2,1-2H3,(H,23,25)/t18-/m1/s1. The molecule has 1 aromatic carbocycles. The molecule has 2 heterocycles. The molecule has 6 nitrogen and oxygen atoms in total. The van der Waals surface area contributed by atoms with E-state index >= 15 is 0 Å². The minimum atomic E-state index is -0.106. The van der Waals surface area contributed by atoms with Gasteiger partial charge in [0.05, 0.1) is 23.3 Å². The van der Waals surface area contributed by atoms with Gasteiger partial charge in [0.25, 0.3) is 5.56 Å². The molecule has 0 unspecified atom stereocenters. The number of nitrogens with one attached hydrogen (secondary N) is 1. The quantitative estimate of drug-likeness (QED) is 0.711. The molecule has 1 fully saturated rings. The summed E-state index contributed by atoms with van der Waals surface area (Å²) in [5.41, 5.74) is 2.57. The Hall–Kier alpha value is -2.54. The van der Waals surface area contributed by atoms with Gasteiger partial charge in [0, 0.05) is 24.0 Å². The second-order valence-electron chi connectivity index (χ2n) is 7.17. The van der Waals surface area contributed by atoms with Crippen molar-refractivity contribution >= 4 is 28.1 Å². The molecule has 4 rings (SSSR count). The normalized spacial score (nSPS) is 15.0. The molecule has 0 saturated heterocycles. The predicted octanol–water partition coefficient (Wildman–Crippen LogP) is 3.13. The van der Waals surface area contributed by atoms with Crippen LogP contribution in [0.4, 0.5) is 0 Å². The van der Waals surface area contributed by atoms with Crippen molar-refractivity contribution in [2.24, 2.45) is 5.92 Å². The number of thiazole rings is 1. The van der Waals surface area contributed by atoms with Gasteiger partial charge in [0.2, 0.25) is 5.91 Å². The number of fused-ring (bicyclic) bond motifs is 1. The maximum Gasteiger partial charge on any atom is 0.261 e. The van der Waals surface area contributed by atoms with Crippen molar-refractivity contribution in [3.8, 4) is 0 Å². The van der Waals surface area contributed by atoms with Gasteiger partial charge < -0.3 is 5.32 Å². The molecule has 0 radical (unpaired) electrons. The molecule has 2 aromatic heterocycles.